The van der Waals surface area contributed by atoms with E-state index in [4.69, 9.17) is 21.1 Å². The fourth-order valence-corrected chi connectivity index (χ4v) is 3.70. The summed E-state index contributed by atoms with van der Waals surface area (Å²) in [7, 11) is 1.56. The Hall–Kier alpha value is -3.03. The lowest BCUT2D eigenvalue weighted by atomic mass is 9.95. The lowest BCUT2D eigenvalue weighted by Gasteiger charge is -2.25. The molecule has 0 bridgehead atoms. The number of aromatic hydroxyl groups is 1. The fraction of sp³-hybridized carbons (Fsp3) is 0.304. The highest BCUT2D eigenvalue weighted by Gasteiger charge is 2.46. The van der Waals surface area contributed by atoms with Gasteiger partial charge in [0, 0.05) is 30.8 Å². The summed E-state index contributed by atoms with van der Waals surface area (Å²) in [6.45, 7) is 2.78. The van der Waals surface area contributed by atoms with E-state index in [1.807, 2.05) is 0 Å². The van der Waals surface area contributed by atoms with Crippen molar-refractivity contribution in [3.63, 3.8) is 0 Å². The van der Waals surface area contributed by atoms with Crippen LogP contribution in [0, 0.1) is 0 Å². The second kappa shape index (κ2) is 9.85. The Labute approximate surface area is 185 Å². The number of amides is 1. The van der Waals surface area contributed by atoms with Crippen LogP contribution in [0.15, 0.2) is 48.0 Å². The molecule has 1 aliphatic heterocycles. The first-order chi connectivity index (χ1) is 14.9. The average molecular weight is 446 g/mol. The van der Waals surface area contributed by atoms with Crippen molar-refractivity contribution < 1.29 is 29.3 Å². The van der Waals surface area contributed by atoms with Gasteiger partial charge in [-0.15, -0.1) is 0 Å². The van der Waals surface area contributed by atoms with Crippen LogP contribution in [0.3, 0.4) is 0 Å². The van der Waals surface area contributed by atoms with Crippen molar-refractivity contribution in [1.82, 2.24) is 4.90 Å². The lowest BCUT2D eigenvalue weighted by molar-refractivity contribution is -0.140. The predicted molar refractivity (Wildman–Crippen MR) is 116 cm³/mol. The van der Waals surface area contributed by atoms with E-state index in [0.29, 0.717) is 35.8 Å². The van der Waals surface area contributed by atoms with Gasteiger partial charge in [0.05, 0.1) is 18.2 Å². The number of ether oxygens (including phenoxy) is 2. The molecule has 0 aliphatic carbocycles. The highest BCUT2D eigenvalue weighted by Crippen LogP contribution is 2.41. The van der Waals surface area contributed by atoms with E-state index in [2.05, 4.69) is 0 Å². The maximum Gasteiger partial charge on any atom is 0.295 e. The Kier molecular flexibility index (Phi) is 7.20. The monoisotopic (exact) mass is 445 g/mol. The van der Waals surface area contributed by atoms with Crippen molar-refractivity contribution in [3.05, 3.63) is 64.2 Å². The summed E-state index contributed by atoms with van der Waals surface area (Å²) in [6.07, 6.45) is 0.511. The third kappa shape index (κ3) is 4.68. The molecule has 31 heavy (non-hydrogen) atoms. The number of hydrogen-bond acceptors (Lipinski definition) is 6. The summed E-state index contributed by atoms with van der Waals surface area (Å²) < 4.78 is 10.5. The van der Waals surface area contributed by atoms with Crippen LogP contribution in [0.2, 0.25) is 5.02 Å². The standard InChI is InChI=1S/C23H24ClNO6/c1-3-31-18-13-15(7-10-17(18)26)20-19(21(27)14-5-8-16(24)9-6-14)22(28)23(29)25(20)11-4-12-30-2/h5-10,13,20,26-27H,3-4,11-12H2,1-2H3/t20-/m0/s1. The number of carbonyl (C=O) groups excluding carboxylic acids is 2. The molecular formula is C23H24ClNO6. The predicted octanol–water partition coefficient (Wildman–Crippen LogP) is 3.90. The van der Waals surface area contributed by atoms with Gasteiger partial charge in [-0.25, -0.2) is 0 Å². The molecule has 2 aromatic rings. The molecule has 0 radical (unpaired) electrons. The topological polar surface area (TPSA) is 96.3 Å². The Bertz CT molecular complexity index is 1000. The number of nitrogens with zero attached hydrogens (tertiary/aromatic N) is 1. The summed E-state index contributed by atoms with van der Waals surface area (Å²) in [5, 5.41) is 21.5. The van der Waals surface area contributed by atoms with Crippen molar-refractivity contribution in [2.45, 2.75) is 19.4 Å². The second-order valence-electron chi connectivity index (χ2n) is 7.01. The number of rotatable bonds is 8. The van der Waals surface area contributed by atoms with Gasteiger partial charge in [-0.2, -0.15) is 0 Å². The molecule has 1 aliphatic rings. The number of likely N-dealkylation sites (tertiary alicyclic amines) is 1. The number of methoxy groups -OCH3 is 1. The number of benzene rings is 2. The molecule has 2 N–H and O–H groups in total. The number of phenols is 1. The molecule has 1 saturated heterocycles. The Morgan fingerprint density at radius 2 is 1.87 bits per heavy atom. The third-order valence-electron chi connectivity index (χ3n) is 5.00. The maximum absolute atomic E-state index is 12.9. The summed E-state index contributed by atoms with van der Waals surface area (Å²) in [6, 6.07) is 10.1. The zero-order chi connectivity index (χ0) is 22.5. The van der Waals surface area contributed by atoms with Gasteiger partial charge in [0.15, 0.2) is 11.5 Å². The maximum atomic E-state index is 12.9. The quantitative estimate of drug-likeness (QED) is 0.277. The van der Waals surface area contributed by atoms with E-state index < -0.39 is 17.7 Å². The van der Waals surface area contributed by atoms with Crippen LogP contribution in [0.5, 0.6) is 11.5 Å². The van der Waals surface area contributed by atoms with Gasteiger partial charge in [-0.05, 0) is 55.3 Å². The van der Waals surface area contributed by atoms with Crippen molar-refractivity contribution in [2.24, 2.45) is 0 Å². The first kappa shape index (κ1) is 22.7. The fourth-order valence-electron chi connectivity index (χ4n) is 3.57. The molecule has 0 spiro atoms. The SMILES string of the molecule is CCOc1cc([C@H]2C(=C(O)c3ccc(Cl)cc3)C(=O)C(=O)N2CCCOC)ccc1O. The largest absolute Gasteiger partial charge is 0.507 e. The highest BCUT2D eigenvalue weighted by molar-refractivity contribution is 6.46. The van der Waals surface area contributed by atoms with Crippen LogP contribution in [-0.2, 0) is 14.3 Å². The van der Waals surface area contributed by atoms with Crippen molar-refractivity contribution in [1.29, 1.82) is 0 Å². The molecule has 164 valence electrons. The molecule has 1 fully saturated rings. The zero-order valence-electron chi connectivity index (χ0n) is 17.3. The minimum Gasteiger partial charge on any atom is -0.507 e. The van der Waals surface area contributed by atoms with E-state index in [1.165, 1.54) is 11.0 Å². The van der Waals surface area contributed by atoms with Crippen LogP contribution in [-0.4, -0.2) is 53.7 Å². The van der Waals surface area contributed by atoms with Crippen LogP contribution in [0.25, 0.3) is 5.76 Å². The molecule has 8 heteroatoms. The minimum atomic E-state index is -0.840. The van der Waals surface area contributed by atoms with E-state index in [0.717, 1.165) is 0 Å². The van der Waals surface area contributed by atoms with Gasteiger partial charge >= 0.3 is 0 Å². The van der Waals surface area contributed by atoms with E-state index in [-0.39, 0.29) is 29.4 Å². The average Bonchev–Trinajstić information content (AvgIpc) is 3.01. The molecular weight excluding hydrogens is 422 g/mol. The van der Waals surface area contributed by atoms with Crippen LogP contribution >= 0.6 is 11.6 Å². The molecule has 0 unspecified atom stereocenters. The Morgan fingerprint density at radius 3 is 2.52 bits per heavy atom. The van der Waals surface area contributed by atoms with E-state index in [9.17, 15) is 19.8 Å². The van der Waals surface area contributed by atoms with Crippen molar-refractivity contribution in [2.75, 3.05) is 26.9 Å². The first-order valence-electron chi connectivity index (χ1n) is 9.88. The molecule has 3 rings (SSSR count). The van der Waals surface area contributed by atoms with E-state index >= 15 is 0 Å². The molecule has 0 saturated carbocycles. The number of aliphatic hydroxyl groups is 1. The summed E-state index contributed by atoms with van der Waals surface area (Å²) in [4.78, 5) is 27.2. The second-order valence-corrected chi connectivity index (χ2v) is 7.44. The van der Waals surface area contributed by atoms with Crippen LogP contribution in [0.1, 0.15) is 30.5 Å². The number of phenolic OH excluding ortho intramolecular Hbond substituents is 1. The van der Waals surface area contributed by atoms with Gasteiger partial charge < -0.3 is 24.6 Å². The Morgan fingerprint density at radius 1 is 1.16 bits per heavy atom. The van der Waals surface area contributed by atoms with E-state index in [1.54, 1.807) is 50.4 Å². The molecule has 1 heterocycles. The van der Waals surface area contributed by atoms with Gasteiger partial charge in [-0.3, -0.25) is 9.59 Å². The third-order valence-corrected chi connectivity index (χ3v) is 5.26. The minimum absolute atomic E-state index is 0.0297. The summed E-state index contributed by atoms with van der Waals surface area (Å²) >= 11 is 5.93. The lowest BCUT2D eigenvalue weighted by Crippen LogP contribution is -2.31. The highest BCUT2D eigenvalue weighted by atomic mass is 35.5. The molecule has 2 aromatic carbocycles. The molecule has 1 atom stereocenters. The van der Waals surface area contributed by atoms with Gasteiger partial charge in [0.25, 0.3) is 11.7 Å². The van der Waals surface area contributed by atoms with Gasteiger partial charge in [0.1, 0.15) is 5.76 Å². The van der Waals surface area contributed by atoms with Gasteiger partial charge in [-0.1, -0.05) is 17.7 Å². The zero-order valence-corrected chi connectivity index (χ0v) is 18.1. The molecule has 1 amide bonds. The molecule has 7 nitrogen and oxygen atoms in total. The summed E-state index contributed by atoms with van der Waals surface area (Å²) in [5.74, 6) is -1.60. The number of carbonyl (C=O) groups is 2. The normalized spacial score (nSPS) is 17.9. The van der Waals surface area contributed by atoms with Crippen molar-refractivity contribution >= 4 is 29.1 Å². The smallest absolute Gasteiger partial charge is 0.295 e. The molecule has 0 aromatic heterocycles. The van der Waals surface area contributed by atoms with Gasteiger partial charge in [0.2, 0.25) is 0 Å². The number of hydrogen-bond donors (Lipinski definition) is 2. The van der Waals surface area contributed by atoms with Crippen molar-refractivity contribution in [3.8, 4) is 11.5 Å². The summed E-state index contributed by atoms with van der Waals surface area (Å²) in [5.41, 5.74) is 0.874. The number of halogens is 1. The number of aliphatic hydroxyl groups excluding tert-OH is 1. The first-order valence-corrected chi connectivity index (χ1v) is 10.3. The number of Topliss-reactive ketones (excluding diaryl/α,β-unsaturated/α-hetero) is 1. The Balaban J connectivity index is 2.14. The number of ketones is 1. The van der Waals surface area contributed by atoms with Crippen LogP contribution in [0.4, 0.5) is 0 Å². The van der Waals surface area contributed by atoms with Crippen LogP contribution < -0.4 is 4.74 Å².